The first kappa shape index (κ1) is 18.1. The predicted octanol–water partition coefficient (Wildman–Crippen LogP) is 3.73. The van der Waals surface area contributed by atoms with E-state index >= 15 is 0 Å². The highest BCUT2D eigenvalue weighted by Crippen LogP contribution is 2.25. The normalized spacial score (nSPS) is 14.4. The Labute approximate surface area is 130 Å². The van der Waals surface area contributed by atoms with E-state index in [1.807, 2.05) is 0 Å². The highest BCUT2D eigenvalue weighted by molar-refractivity contribution is 5.26. The molecule has 3 nitrogen and oxygen atoms in total. The molecule has 0 aliphatic rings. The van der Waals surface area contributed by atoms with Gasteiger partial charge in [-0.3, -0.25) is 4.90 Å². The van der Waals surface area contributed by atoms with Crippen LogP contribution in [0.25, 0.3) is 0 Å². The Morgan fingerprint density at radius 2 is 2.05 bits per heavy atom. The molecule has 0 spiro atoms. The molecule has 2 atom stereocenters. The van der Waals surface area contributed by atoms with E-state index in [9.17, 15) is 0 Å². The van der Waals surface area contributed by atoms with Gasteiger partial charge in [-0.25, -0.2) is 0 Å². The molecule has 0 saturated heterocycles. The van der Waals surface area contributed by atoms with Gasteiger partial charge in [0.05, 0.1) is 6.61 Å². The van der Waals surface area contributed by atoms with Gasteiger partial charge in [0, 0.05) is 25.7 Å². The van der Waals surface area contributed by atoms with E-state index in [1.54, 1.807) is 7.11 Å². The lowest BCUT2D eigenvalue weighted by Gasteiger charge is -2.36. The quantitative estimate of drug-likeness (QED) is 0.714. The van der Waals surface area contributed by atoms with Crippen molar-refractivity contribution in [1.82, 2.24) is 4.90 Å². The molecule has 2 N–H and O–H groups in total. The van der Waals surface area contributed by atoms with Gasteiger partial charge in [-0.05, 0) is 37.4 Å². The number of methoxy groups -OCH3 is 1. The number of hydrogen-bond acceptors (Lipinski definition) is 3. The molecule has 0 bridgehead atoms. The van der Waals surface area contributed by atoms with Gasteiger partial charge in [-0.2, -0.15) is 0 Å². The molecular formula is C18H32N2O. The minimum atomic E-state index is 0.295. The second kappa shape index (κ2) is 9.93. The summed E-state index contributed by atoms with van der Waals surface area (Å²) >= 11 is 0. The molecule has 2 unspecified atom stereocenters. The lowest BCUT2D eigenvalue weighted by Crippen LogP contribution is -2.40. The number of nitrogens with zero attached hydrogens (tertiary/aromatic N) is 1. The van der Waals surface area contributed by atoms with Crippen molar-refractivity contribution < 1.29 is 4.74 Å². The summed E-state index contributed by atoms with van der Waals surface area (Å²) in [6.45, 7) is 9.22. The third-order valence-electron chi connectivity index (χ3n) is 4.20. The molecular weight excluding hydrogens is 260 g/mol. The summed E-state index contributed by atoms with van der Waals surface area (Å²) in [5, 5.41) is 0. The van der Waals surface area contributed by atoms with Gasteiger partial charge in [0.15, 0.2) is 0 Å². The smallest absolute Gasteiger partial charge is 0.0713 e. The van der Waals surface area contributed by atoms with Crippen molar-refractivity contribution in [3.63, 3.8) is 0 Å². The minimum Gasteiger partial charge on any atom is -0.380 e. The third kappa shape index (κ3) is 5.42. The van der Waals surface area contributed by atoms with Crippen LogP contribution in [0.1, 0.15) is 57.2 Å². The number of benzene rings is 1. The summed E-state index contributed by atoms with van der Waals surface area (Å²) < 4.78 is 5.25. The maximum atomic E-state index is 6.12. The minimum absolute atomic E-state index is 0.295. The second-order valence-corrected chi connectivity index (χ2v) is 5.78. The van der Waals surface area contributed by atoms with E-state index in [2.05, 4.69) is 49.9 Å². The maximum absolute atomic E-state index is 6.12. The molecule has 120 valence electrons. The zero-order chi connectivity index (χ0) is 15.7. The lowest BCUT2D eigenvalue weighted by molar-refractivity contribution is 0.140. The van der Waals surface area contributed by atoms with Gasteiger partial charge in [-0.15, -0.1) is 0 Å². The fourth-order valence-corrected chi connectivity index (χ4v) is 2.78. The van der Waals surface area contributed by atoms with E-state index in [4.69, 9.17) is 10.5 Å². The Morgan fingerprint density at radius 1 is 1.29 bits per heavy atom. The van der Waals surface area contributed by atoms with Crippen LogP contribution in [0.2, 0.25) is 0 Å². The van der Waals surface area contributed by atoms with Crippen LogP contribution in [0.15, 0.2) is 24.3 Å². The summed E-state index contributed by atoms with van der Waals surface area (Å²) in [7, 11) is 1.74. The molecule has 1 rings (SSSR count). The Hall–Kier alpha value is -0.900. The van der Waals surface area contributed by atoms with E-state index in [0.717, 1.165) is 13.0 Å². The number of rotatable bonds is 10. The Kier molecular flexibility index (Phi) is 8.58. The monoisotopic (exact) mass is 292 g/mol. The number of ether oxygens (including phenoxy) is 1. The predicted molar refractivity (Wildman–Crippen MR) is 90.3 cm³/mol. The zero-order valence-corrected chi connectivity index (χ0v) is 14.1. The number of hydrogen-bond donors (Lipinski definition) is 1. The average Bonchev–Trinajstić information content (AvgIpc) is 2.51. The van der Waals surface area contributed by atoms with Crippen LogP contribution in [-0.4, -0.2) is 31.1 Å². The van der Waals surface area contributed by atoms with Crippen molar-refractivity contribution in [3.8, 4) is 0 Å². The van der Waals surface area contributed by atoms with Crippen LogP contribution < -0.4 is 5.73 Å². The van der Waals surface area contributed by atoms with E-state index in [-0.39, 0.29) is 0 Å². The third-order valence-corrected chi connectivity index (χ3v) is 4.20. The second-order valence-electron chi connectivity index (χ2n) is 5.78. The first-order valence-corrected chi connectivity index (χ1v) is 8.21. The Morgan fingerprint density at radius 3 is 2.62 bits per heavy atom. The summed E-state index contributed by atoms with van der Waals surface area (Å²) in [5.74, 6) is 0. The van der Waals surface area contributed by atoms with E-state index in [1.165, 1.54) is 24.0 Å². The molecule has 0 aliphatic heterocycles. The molecule has 0 fully saturated rings. The summed E-state index contributed by atoms with van der Waals surface area (Å²) in [6, 6.07) is 9.50. The summed E-state index contributed by atoms with van der Waals surface area (Å²) in [5.41, 5.74) is 8.65. The molecule has 21 heavy (non-hydrogen) atoms. The Balaban J connectivity index is 2.97. The fraction of sp³-hybridized carbons (Fsp3) is 0.667. The summed E-state index contributed by atoms with van der Waals surface area (Å²) in [4.78, 5) is 2.56. The maximum Gasteiger partial charge on any atom is 0.0713 e. The first-order valence-electron chi connectivity index (χ1n) is 8.21. The van der Waals surface area contributed by atoms with Gasteiger partial charge in [-0.1, -0.05) is 44.5 Å². The molecule has 0 radical (unpaired) electrons. The molecule has 0 amide bonds. The van der Waals surface area contributed by atoms with Crippen LogP contribution in [0.5, 0.6) is 0 Å². The highest BCUT2D eigenvalue weighted by atomic mass is 16.5. The van der Waals surface area contributed by atoms with Crippen molar-refractivity contribution in [3.05, 3.63) is 35.4 Å². The van der Waals surface area contributed by atoms with Crippen LogP contribution in [0.3, 0.4) is 0 Å². The Bertz CT molecular complexity index is 395. The molecule has 0 saturated carbocycles. The van der Waals surface area contributed by atoms with Gasteiger partial charge >= 0.3 is 0 Å². The van der Waals surface area contributed by atoms with Crippen LogP contribution >= 0.6 is 0 Å². The summed E-state index contributed by atoms with van der Waals surface area (Å²) in [6.07, 6.45) is 3.59. The standard InChI is InChI=1S/C18H32N2O/c1-5-7-11-20(15(3)6-2)18(13-19)17-10-8-9-16(12-17)14-21-4/h8-10,12,15,18H,5-7,11,13-14,19H2,1-4H3. The van der Waals surface area contributed by atoms with Gasteiger partial charge < -0.3 is 10.5 Å². The highest BCUT2D eigenvalue weighted by Gasteiger charge is 2.22. The van der Waals surface area contributed by atoms with Gasteiger partial charge in [0.25, 0.3) is 0 Å². The number of unbranched alkanes of at least 4 members (excludes halogenated alkanes) is 1. The SMILES string of the molecule is CCCCN(C(C)CC)C(CN)c1cccc(COC)c1. The van der Waals surface area contributed by atoms with Crippen molar-refractivity contribution in [2.75, 3.05) is 20.2 Å². The van der Waals surface area contributed by atoms with Crippen molar-refractivity contribution in [2.24, 2.45) is 5.73 Å². The molecule has 3 heteroatoms. The molecule has 0 aromatic heterocycles. The van der Waals surface area contributed by atoms with Crippen LogP contribution in [-0.2, 0) is 11.3 Å². The number of nitrogens with two attached hydrogens (primary N) is 1. The van der Waals surface area contributed by atoms with E-state index < -0.39 is 0 Å². The molecule has 0 aliphatic carbocycles. The van der Waals surface area contributed by atoms with Crippen LogP contribution in [0, 0.1) is 0 Å². The first-order chi connectivity index (χ1) is 10.2. The van der Waals surface area contributed by atoms with Crippen LogP contribution in [0.4, 0.5) is 0 Å². The average molecular weight is 292 g/mol. The fourth-order valence-electron chi connectivity index (χ4n) is 2.78. The molecule has 1 aromatic carbocycles. The zero-order valence-electron chi connectivity index (χ0n) is 14.1. The van der Waals surface area contributed by atoms with Gasteiger partial charge in [0.1, 0.15) is 0 Å². The van der Waals surface area contributed by atoms with Gasteiger partial charge in [0.2, 0.25) is 0 Å². The van der Waals surface area contributed by atoms with Crippen molar-refractivity contribution in [2.45, 2.75) is 58.7 Å². The lowest BCUT2D eigenvalue weighted by atomic mass is 10.00. The molecule has 1 aromatic rings. The molecule has 0 heterocycles. The largest absolute Gasteiger partial charge is 0.380 e. The topological polar surface area (TPSA) is 38.5 Å². The van der Waals surface area contributed by atoms with Crippen molar-refractivity contribution in [1.29, 1.82) is 0 Å². The van der Waals surface area contributed by atoms with Crippen molar-refractivity contribution >= 4 is 0 Å². The van der Waals surface area contributed by atoms with E-state index in [0.29, 0.717) is 25.2 Å².